The van der Waals surface area contributed by atoms with Crippen molar-refractivity contribution in [2.45, 2.75) is 6.42 Å². The summed E-state index contributed by atoms with van der Waals surface area (Å²) in [6, 6.07) is 20.9. The van der Waals surface area contributed by atoms with Crippen LogP contribution in [-0.4, -0.2) is 14.6 Å². The van der Waals surface area contributed by atoms with Crippen LogP contribution in [0.2, 0.25) is 0 Å². The van der Waals surface area contributed by atoms with Gasteiger partial charge in [0.1, 0.15) is 21.7 Å². The van der Waals surface area contributed by atoms with E-state index >= 15 is 0 Å². The highest BCUT2D eigenvalue weighted by molar-refractivity contribution is 9.10. The maximum absolute atomic E-state index is 12.9. The van der Waals surface area contributed by atoms with Crippen LogP contribution in [0.1, 0.15) is 17.0 Å². The van der Waals surface area contributed by atoms with Gasteiger partial charge in [-0.15, -0.1) is 0 Å². The van der Waals surface area contributed by atoms with Gasteiger partial charge in [-0.05, 0) is 23.8 Å². The monoisotopic (exact) mass is 491 g/mol. The molecule has 0 radical (unpaired) electrons. The fraction of sp³-hybridized carbons (Fsp3) is 0.0435. The van der Waals surface area contributed by atoms with E-state index in [1.807, 2.05) is 60.7 Å². The Bertz CT molecular complexity index is 1570. The second-order valence-corrected chi connectivity index (χ2v) is 8.68. The lowest BCUT2D eigenvalue weighted by atomic mass is 10.1. The molecule has 6 nitrogen and oxygen atoms in total. The minimum atomic E-state index is -0.425. The third kappa shape index (κ3) is 3.87. The van der Waals surface area contributed by atoms with E-state index in [2.05, 4.69) is 26.0 Å². The number of fused-ring (bicyclic) bond motifs is 1. The Morgan fingerprint density at radius 2 is 1.77 bits per heavy atom. The van der Waals surface area contributed by atoms with E-state index in [4.69, 9.17) is 4.42 Å². The van der Waals surface area contributed by atoms with E-state index in [0.29, 0.717) is 22.5 Å². The number of hydrogen-bond donors (Lipinski definition) is 0. The van der Waals surface area contributed by atoms with Gasteiger partial charge in [-0.2, -0.15) is 14.6 Å². The van der Waals surface area contributed by atoms with Gasteiger partial charge in [0.05, 0.1) is 0 Å². The average molecular weight is 492 g/mol. The normalized spacial score (nSPS) is 12.0. The largest absolute Gasteiger partial charge is 0.457 e. The first-order chi connectivity index (χ1) is 15.1. The Morgan fingerprint density at radius 1 is 1.00 bits per heavy atom. The van der Waals surface area contributed by atoms with Crippen molar-refractivity contribution in [1.82, 2.24) is 14.6 Å². The molecular formula is C23H14BrN3O3S. The quantitative estimate of drug-likeness (QED) is 0.383. The topological polar surface area (TPSA) is 77.5 Å². The van der Waals surface area contributed by atoms with Gasteiger partial charge in [0, 0.05) is 22.5 Å². The van der Waals surface area contributed by atoms with Gasteiger partial charge in [-0.1, -0.05) is 75.8 Å². The van der Waals surface area contributed by atoms with Crippen LogP contribution in [0.25, 0.3) is 22.4 Å². The van der Waals surface area contributed by atoms with Crippen LogP contribution in [0.5, 0.6) is 0 Å². The van der Waals surface area contributed by atoms with E-state index in [9.17, 15) is 9.59 Å². The molecule has 0 spiro atoms. The Hall–Kier alpha value is -3.36. The van der Waals surface area contributed by atoms with Crippen LogP contribution in [-0.2, 0) is 6.42 Å². The van der Waals surface area contributed by atoms with Gasteiger partial charge in [0.25, 0.3) is 11.1 Å². The zero-order valence-corrected chi connectivity index (χ0v) is 18.4. The lowest BCUT2D eigenvalue weighted by molar-refractivity contribution is 0.571. The molecule has 0 bridgehead atoms. The molecule has 0 amide bonds. The van der Waals surface area contributed by atoms with Gasteiger partial charge in [0.15, 0.2) is 0 Å². The smallest absolute Gasteiger partial charge is 0.296 e. The number of nitrogens with zero attached hydrogens (tertiary/aromatic N) is 3. The van der Waals surface area contributed by atoms with Crippen molar-refractivity contribution in [2.75, 3.05) is 0 Å². The average Bonchev–Trinajstić information content (AvgIpc) is 3.35. The first kappa shape index (κ1) is 19.6. The van der Waals surface area contributed by atoms with Crippen molar-refractivity contribution in [2.24, 2.45) is 0 Å². The van der Waals surface area contributed by atoms with E-state index < -0.39 is 5.56 Å². The van der Waals surface area contributed by atoms with Crippen molar-refractivity contribution in [3.63, 3.8) is 0 Å². The molecule has 3 heterocycles. The summed E-state index contributed by atoms with van der Waals surface area (Å²) in [4.78, 5) is 29.6. The molecule has 0 aliphatic rings. The molecule has 0 aliphatic carbocycles. The van der Waals surface area contributed by atoms with E-state index in [1.165, 1.54) is 4.52 Å². The van der Waals surface area contributed by atoms with Crippen LogP contribution in [0, 0.1) is 0 Å². The summed E-state index contributed by atoms with van der Waals surface area (Å²) in [5, 5.41) is 4.28. The molecule has 3 aromatic heterocycles. The fourth-order valence-electron chi connectivity index (χ4n) is 3.21. The van der Waals surface area contributed by atoms with Crippen LogP contribution in [0.3, 0.4) is 0 Å². The molecule has 5 aromatic rings. The third-order valence-electron chi connectivity index (χ3n) is 4.70. The number of furan rings is 1. The second-order valence-electron chi connectivity index (χ2n) is 6.82. The molecule has 0 saturated carbocycles. The van der Waals surface area contributed by atoms with Gasteiger partial charge in [0.2, 0.25) is 4.96 Å². The Kier molecular flexibility index (Phi) is 5.09. The highest BCUT2D eigenvalue weighted by Crippen LogP contribution is 2.29. The zero-order valence-electron chi connectivity index (χ0n) is 16.0. The first-order valence-electron chi connectivity index (χ1n) is 9.41. The van der Waals surface area contributed by atoms with Crippen molar-refractivity contribution in [1.29, 1.82) is 0 Å². The van der Waals surface area contributed by atoms with E-state index in [1.54, 1.807) is 12.1 Å². The summed E-state index contributed by atoms with van der Waals surface area (Å²) in [7, 11) is 0. The summed E-state index contributed by atoms with van der Waals surface area (Å²) in [6.45, 7) is 0. The second kappa shape index (κ2) is 8.05. The highest BCUT2D eigenvalue weighted by Gasteiger charge is 2.12. The molecule has 0 saturated heterocycles. The Balaban J connectivity index is 1.55. The standard InChI is InChI=1S/C23H14BrN3O3S/c24-17-9-5-4-8-16(17)19-11-10-15(30-19)13-20-22(29)27-23(31-20)25-21(28)18(26-27)12-14-6-2-1-3-7-14/h1-11,13H,12H2/b20-13+. The van der Waals surface area contributed by atoms with Crippen molar-refractivity contribution in [3.05, 3.63) is 113 Å². The maximum atomic E-state index is 12.9. The molecule has 0 atom stereocenters. The lowest BCUT2D eigenvalue weighted by Gasteiger charge is -1.99. The molecule has 31 heavy (non-hydrogen) atoms. The number of benzene rings is 2. The SMILES string of the molecule is O=c1nc2s/c(=C/c3ccc(-c4ccccc4Br)o3)c(=O)n2nc1Cc1ccccc1. The fourth-order valence-corrected chi connectivity index (χ4v) is 4.57. The van der Waals surface area contributed by atoms with Gasteiger partial charge in [-0.3, -0.25) is 9.59 Å². The number of halogens is 1. The predicted octanol–water partition coefficient (Wildman–Crippen LogP) is 3.67. The van der Waals surface area contributed by atoms with Crippen molar-refractivity contribution >= 4 is 38.3 Å². The Morgan fingerprint density at radius 3 is 2.58 bits per heavy atom. The van der Waals surface area contributed by atoms with E-state index in [-0.39, 0.29) is 16.2 Å². The molecule has 5 rings (SSSR count). The molecule has 0 unspecified atom stereocenters. The molecule has 8 heteroatoms. The number of aromatic nitrogens is 3. The van der Waals surface area contributed by atoms with Gasteiger partial charge in [-0.25, -0.2) is 0 Å². The third-order valence-corrected chi connectivity index (χ3v) is 6.35. The molecular weight excluding hydrogens is 478 g/mol. The van der Waals surface area contributed by atoms with Crippen LogP contribution in [0.4, 0.5) is 0 Å². The molecule has 2 aromatic carbocycles. The zero-order chi connectivity index (χ0) is 21.4. The summed E-state index contributed by atoms with van der Waals surface area (Å²) in [6.07, 6.45) is 1.96. The minimum Gasteiger partial charge on any atom is -0.457 e. The molecule has 152 valence electrons. The van der Waals surface area contributed by atoms with Crippen LogP contribution < -0.4 is 15.7 Å². The first-order valence-corrected chi connectivity index (χ1v) is 11.0. The van der Waals surface area contributed by atoms with Crippen LogP contribution in [0.15, 0.2) is 85.2 Å². The molecule has 0 N–H and O–H groups in total. The maximum Gasteiger partial charge on any atom is 0.296 e. The number of hydrogen-bond acceptors (Lipinski definition) is 6. The predicted molar refractivity (Wildman–Crippen MR) is 123 cm³/mol. The highest BCUT2D eigenvalue weighted by atomic mass is 79.9. The molecule has 0 fully saturated rings. The Labute approximate surface area is 188 Å². The van der Waals surface area contributed by atoms with Gasteiger partial charge < -0.3 is 4.42 Å². The number of rotatable bonds is 4. The van der Waals surface area contributed by atoms with Crippen LogP contribution >= 0.6 is 27.3 Å². The summed E-state index contributed by atoms with van der Waals surface area (Å²) < 4.78 is 8.40. The van der Waals surface area contributed by atoms with Crippen molar-refractivity contribution in [3.8, 4) is 11.3 Å². The molecule has 0 aliphatic heterocycles. The summed E-state index contributed by atoms with van der Waals surface area (Å²) in [5.41, 5.74) is 1.32. The summed E-state index contributed by atoms with van der Waals surface area (Å²) >= 11 is 4.62. The number of thiazole rings is 1. The van der Waals surface area contributed by atoms with Gasteiger partial charge >= 0.3 is 0 Å². The summed E-state index contributed by atoms with van der Waals surface area (Å²) in [5.74, 6) is 1.21. The van der Waals surface area contributed by atoms with E-state index in [0.717, 1.165) is 26.9 Å². The lowest BCUT2D eigenvalue weighted by Crippen LogP contribution is -2.28. The minimum absolute atomic E-state index is 0.236. The van der Waals surface area contributed by atoms with Crippen molar-refractivity contribution < 1.29 is 4.42 Å².